The summed E-state index contributed by atoms with van der Waals surface area (Å²) in [5.41, 5.74) is 4.89. The summed E-state index contributed by atoms with van der Waals surface area (Å²) in [6.07, 6.45) is 4.34. The summed E-state index contributed by atoms with van der Waals surface area (Å²) in [7, 11) is 2.02. The van der Waals surface area contributed by atoms with E-state index >= 15 is 0 Å². The minimum atomic E-state index is -1.40. The van der Waals surface area contributed by atoms with Crippen molar-refractivity contribution < 1.29 is 8.81 Å². The van der Waals surface area contributed by atoms with E-state index in [0.717, 1.165) is 34.6 Å². The van der Waals surface area contributed by atoms with Crippen LogP contribution in [0.3, 0.4) is 0 Å². The average Bonchev–Trinajstić information content (AvgIpc) is 3.39. The van der Waals surface area contributed by atoms with Gasteiger partial charge in [0.05, 0.1) is 23.2 Å². The van der Waals surface area contributed by atoms with Crippen LogP contribution in [0.5, 0.6) is 0 Å². The molecule has 2 unspecified atom stereocenters. The molecule has 0 saturated carbocycles. The molecule has 3 atom stereocenters. The highest BCUT2D eigenvalue weighted by Gasteiger charge is 2.36. The summed E-state index contributed by atoms with van der Waals surface area (Å²) in [5, 5.41) is 12.6. The Morgan fingerprint density at radius 2 is 2.30 bits per heavy atom. The Kier molecular flexibility index (Phi) is 3.72. The Balaban J connectivity index is 1.65. The molecule has 4 aromatic rings. The average molecular weight is 385 g/mol. The molecule has 0 aliphatic carbocycles. The number of hydrogen-bond donors (Lipinski definition) is 1. The molecule has 0 amide bonds. The summed E-state index contributed by atoms with van der Waals surface area (Å²) < 4.78 is 20.9. The maximum absolute atomic E-state index is 13.5. The van der Waals surface area contributed by atoms with Gasteiger partial charge in [-0.05, 0) is 24.6 Å². The van der Waals surface area contributed by atoms with Crippen LogP contribution in [-0.2, 0) is 6.42 Å². The van der Waals surface area contributed by atoms with E-state index in [-0.39, 0.29) is 17.9 Å². The third kappa shape index (κ3) is 2.61. The van der Waals surface area contributed by atoms with Crippen molar-refractivity contribution in [2.24, 2.45) is 0 Å². The van der Waals surface area contributed by atoms with Crippen LogP contribution < -0.4 is 4.90 Å². The zero-order valence-electron chi connectivity index (χ0n) is 14.5. The number of halogens is 1. The van der Waals surface area contributed by atoms with E-state index in [0.29, 0.717) is 6.54 Å². The van der Waals surface area contributed by atoms with E-state index in [9.17, 15) is 4.39 Å². The number of aryl methyl sites for hydroxylation is 1. The molecule has 5 heterocycles. The molecule has 0 radical (unpaired) electrons. The Morgan fingerprint density at radius 1 is 1.41 bits per heavy atom. The van der Waals surface area contributed by atoms with Crippen molar-refractivity contribution in [2.75, 3.05) is 11.4 Å². The molecule has 0 bridgehead atoms. The predicted molar refractivity (Wildman–Crippen MR) is 99.3 cm³/mol. The van der Waals surface area contributed by atoms with Crippen LogP contribution in [0.2, 0.25) is 0 Å². The number of pyridine rings is 1. The number of anilines is 1. The number of H-pyrrole nitrogens is 1. The number of nitrogens with one attached hydrogen (secondary N) is 1. The number of imidazole rings is 1. The van der Waals surface area contributed by atoms with Crippen molar-refractivity contribution in [3.63, 3.8) is 0 Å². The molecule has 0 aromatic carbocycles. The molecule has 10 heteroatoms. The zero-order valence-corrected chi connectivity index (χ0v) is 15.7. The number of aromatic amines is 1. The van der Waals surface area contributed by atoms with Crippen molar-refractivity contribution in [1.82, 2.24) is 29.8 Å². The lowest BCUT2D eigenvalue weighted by Crippen LogP contribution is -2.36. The highest BCUT2D eigenvalue weighted by molar-refractivity contribution is 7.16. The van der Waals surface area contributed by atoms with Crippen LogP contribution >= 0.6 is 9.24 Å². The lowest BCUT2D eigenvalue weighted by molar-refractivity contribution is 0.365. The van der Waals surface area contributed by atoms with Crippen molar-refractivity contribution in [3.05, 3.63) is 59.3 Å². The highest BCUT2D eigenvalue weighted by atomic mass is 31.0. The van der Waals surface area contributed by atoms with Gasteiger partial charge in [0.25, 0.3) is 5.89 Å². The summed E-state index contributed by atoms with van der Waals surface area (Å²) in [6.45, 7) is 2.67. The molecular weight excluding hydrogens is 368 g/mol. The molecular formula is C17H17FN7OP. The first-order valence-corrected chi connectivity index (χ1v) is 9.25. The number of rotatable bonds is 3. The summed E-state index contributed by atoms with van der Waals surface area (Å²) in [5.74, 6) is -1.46. The van der Waals surface area contributed by atoms with Gasteiger partial charge in [-0.25, -0.2) is 13.9 Å². The van der Waals surface area contributed by atoms with E-state index in [4.69, 9.17) is 9.52 Å². The maximum Gasteiger partial charge on any atom is 0.319 e. The van der Waals surface area contributed by atoms with Gasteiger partial charge in [0.15, 0.2) is 5.91 Å². The van der Waals surface area contributed by atoms with Gasteiger partial charge in [-0.2, -0.15) is 5.10 Å². The molecule has 1 aliphatic heterocycles. The molecule has 0 saturated heterocycles. The van der Waals surface area contributed by atoms with Crippen LogP contribution in [0.4, 0.5) is 10.4 Å². The van der Waals surface area contributed by atoms with Gasteiger partial charge in [-0.15, -0.1) is 5.10 Å². The standard InChI is InChI=1S/C17H17FN7OP/c1-9-3-2-5-25-12(9)7-11(23-25)14-13-10(19-8-20-13)4-6-24(14)17-22-21-16(26-17)15(18)27/h2-3,5,7-8,14-15H,4,6,27H2,1H3,(H,19,20)/t14-,15?/m1/s1. The molecule has 8 nitrogen and oxygen atoms in total. The van der Waals surface area contributed by atoms with E-state index < -0.39 is 5.91 Å². The van der Waals surface area contributed by atoms with Crippen LogP contribution in [0, 0.1) is 6.92 Å². The lowest BCUT2D eigenvalue weighted by Gasteiger charge is -2.32. The summed E-state index contributed by atoms with van der Waals surface area (Å²) >= 11 is 0. The molecule has 1 aliphatic rings. The summed E-state index contributed by atoms with van der Waals surface area (Å²) in [4.78, 5) is 9.64. The topological polar surface area (TPSA) is 88.1 Å². The first kappa shape index (κ1) is 16.4. The Bertz CT molecular complexity index is 1120. The van der Waals surface area contributed by atoms with E-state index in [1.807, 2.05) is 50.0 Å². The molecule has 27 heavy (non-hydrogen) atoms. The monoisotopic (exact) mass is 385 g/mol. The first-order valence-electron chi connectivity index (χ1n) is 8.58. The minimum absolute atomic E-state index is 0.0626. The Labute approximate surface area is 156 Å². The molecule has 138 valence electrons. The van der Waals surface area contributed by atoms with Gasteiger partial charge < -0.3 is 14.3 Å². The van der Waals surface area contributed by atoms with E-state index in [2.05, 4.69) is 20.2 Å². The maximum atomic E-state index is 13.5. The smallest absolute Gasteiger partial charge is 0.319 e. The van der Waals surface area contributed by atoms with Crippen LogP contribution in [0.15, 0.2) is 35.1 Å². The number of hydrogen-bond acceptors (Lipinski definition) is 6. The van der Waals surface area contributed by atoms with Crippen molar-refractivity contribution in [3.8, 4) is 0 Å². The molecule has 0 fully saturated rings. The highest BCUT2D eigenvalue weighted by Crippen LogP contribution is 2.37. The van der Waals surface area contributed by atoms with Gasteiger partial charge >= 0.3 is 6.01 Å². The van der Waals surface area contributed by atoms with Crippen molar-refractivity contribution in [2.45, 2.75) is 25.3 Å². The van der Waals surface area contributed by atoms with Gasteiger partial charge in [-0.3, -0.25) is 0 Å². The van der Waals surface area contributed by atoms with Crippen LogP contribution in [0.25, 0.3) is 5.52 Å². The van der Waals surface area contributed by atoms with Gasteiger partial charge in [0.1, 0.15) is 6.04 Å². The fourth-order valence-corrected chi connectivity index (χ4v) is 3.68. The van der Waals surface area contributed by atoms with Gasteiger partial charge in [0, 0.05) is 24.9 Å². The lowest BCUT2D eigenvalue weighted by atomic mass is 10.00. The van der Waals surface area contributed by atoms with Gasteiger partial charge in [0.2, 0.25) is 0 Å². The molecule has 4 aromatic heterocycles. The molecule has 5 rings (SSSR count). The zero-order chi connectivity index (χ0) is 18.5. The predicted octanol–water partition coefficient (Wildman–Crippen LogP) is 2.74. The fraction of sp³-hybridized carbons (Fsp3) is 0.294. The van der Waals surface area contributed by atoms with E-state index in [1.165, 1.54) is 0 Å². The minimum Gasteiger partial charge on any atom is -0.404 e. The van der Waals surface area contributed by atoms with Crippen molar-refractivity contribution in [1.29, 1.82) is 0 Å². The SMILES string of the molecule is Cc1cccn2nc([C@@H]3c4nc[nH]c4CCN3c3nnc(C(F)P)o3)cc12. The second-order valence-electron chi connectivity index (χ2n) is 6.53. The van der Waals surface area contributed by atoms with Crippen molar-refractivity contribution >= 4 is 20.8 Å². The normalized spacial score (nSPS) is 18.0. The largest absolute Gasteiger partial charge is 0.404 e. The third-order valence-electron chi connectivity index (χ3n) is 4.85. The number of aromatic nitrogens is 6. The number of alkyl halides is 1. The summed E-state index contributed by atoms with van der Waals surface area (Å²) in [6, 6.07) is 6.02. The Morgan fingerprint density at radius 3 is 3.07 bits per heavy atom. The fourth-order valence-electron chi connectivity index (χ4n) is 3.55. The van der Waals surface area contributed by atoms with E-state index in [1.54, 1.807) is 6.33 Å². The molecule has 0 spiro atoms. The van der Waals surface area contributed by atoms with Crippen LogP contribution in [0.1, 0.15) is 40.5 Å². The first-order chi connectivity index (χ1) is 13.1. The number of nitrogens with zero attached hydrogens (tertiary/aromatic N) is 6. The van der Waals surface area contributed by atoms with Crippen LogP contribution in [-0.4, -0.2) is 36.3 Å². The quantitative estimate of drug-likeness (QED) is 0.546. The third-order valence-corrected chi connectivity index (χ3v) is 5.13. The second kappa shape index (κ2) is 6.13. The van der Waals surface area contributed by atoms with Gasteiger partial charge in [-0.1, -0.05) is 20.4 Å². The second-order valence-corrected chi connectivity index (χ2v) is 7.11. The Hall–Kier alpha value is -2.80. The molecule has 1 N–H and O–H groups in total. The number of fused-ring (bicyclic) bond motifs is 2.